The fourth-order valence-electron chi connectivity index (χ4n) is 2.80. The van der Waals surface area contributed by atoms with Crippen LogP contribution in [0.3, 0.4) is 0 Å². The zero-order chi connectivity index (χ0) is 19.2. The van der Waals surface area contributed by atoms with Crippen LogP contribution in [0.15, 0.2) is 42.9 Å². The van der Waals surface area contributed by atoms with E-state index in [1.54, 1.807) is 30.3 Å². The second-order valence-electron chi connectivity index (χ2n) is 6.86. The normalized spacial score (nSPS) is 11.1. The molecule has 0 unspecified atom stereocenters. The highest BCUT2D eigenvalue weighted by Gasteiger charge is 2.09. The van der Waals surface area contributed by atoms with Gasteiger partial charge in [-0.2, -0.15) is 0 Å². The minimum Gasteiger partial charge on any atom is -0.496 e. The average molecular weight is 369 g/mol. The molecule has 3 rings (SSSR count). The van der Waals surface area contributed by atoms with Crippen molar-refractivity contribution >= 4 is 0 Å². The van der Waals surface area contributed by atoms with Crippen molar-refractivity contribution in [2.45, 2.75) is 26.9 Å². The van der Waals surface area contributed by atoms with Crippen LogP contribution in [0.1, 0.15) is 25.1 Å². The van der Waals surface area contributed by atoms with Gasteiger partial charge in [-0.15, -0.1) is 5.10 Å². The Labute approximate surface area is 158 Å². The number of pyridine rings is 1. The lowest BCUT2D eigenvalue weighted by Gasteiger charge is -2.10. The molecule has 0 saturated heterocycles. The summed E-state index contributed by atoms with van der Waals surface area (Å²) in [6.07, 6.45) is 5.39. The van der Waals surface area contributed by atoms with E-state index in [2.05, 4.69) is 34.5 Å². The number of hydrogen-bond acceptors (Lipinski definition) is 5. The predicted octanol–water partition coefficient (Wildman–Crippen LogP) is 3.28. The molecular formula is C20H24FN5O. The van der Waals surface area contributed by atoms with E-state index in [0.717, 1.165) is 23.4 Å². The first-order chi connectivity index (χ1) is 13.0. The molecule has 0 radical (unpaired) electrons. The lowest BCUT2D eigenvalue weighted by molar-refractivity contribution is 0.415. The van der Waals surface area contributed by atoms with Crippen molar-refractivity contribution in [1.82, 2.24) is 25.3 Å². The van der Waals surface area contributed by atoms with Gasteiger partial charge >= 0.3 is 0 Å². The molecule has 3 aromatic rings. The Bertz CT molecular complexity index is 894. The number of methoxy groups -OCH3 is 1. The van der Waals surface area contributed by atoms with Crippen LogP contribution < -0.4 is 10.1 Å². The monoisotopic (exact) mass is 369 g/mol. The summed E-state index contributed by atoms with van der Waals surface area (Å²) < 4.78 is 20.8. The third kappa shape index (κ3) is 5.10. The molecule has 0 aliphatic heterocycles. The zero-order valence-corrected chi connectivity index (χ0v) is 15.8. The quantitative estimate of drug-likeness (QED) is 0.660. The lowest BCUT2D eigenvalue weighted by atomic mass is 10.0. The van der Waals surface area contributed by atoms with Crippen molar-refractivity contribution in [2.24, 2.45) is 5.92 Å². The van der Waals surface area contributed by atoms with E-state index in [1.165, 1.54) is 12.1 Å². The SMILES string of the molecule is COc1ccc(F)cc1-c1cncc(Cn2cc(CNCC(C)C)nn2)c1. The second-order valence-corrected chi connectivity index (χ2v) is 6.86. The Hall–Kier alpha value is -2.80. The van der Waals surface area contributed by atoms with Crippen LogP contribution in [0.2, 0.25) is 0 Å². The number of aromatic nitrogens is 4. The predicted molar refractivity (Wildman–Crippen MR) is 102 cm³/mol. The number of halogens is 1. The van der Waals surface area contributed by atoms with Gasteiger partial charge in [0.2, 0.25) is 0 Å². The minimum atomic E-state index is -0.314. The third-order valence-electron chi connectivity index (χ3n) is 4.06. The summed E-state index contributed by atoms with van der Waals surface area (Å²) in [5, 5.41) is 11.7. The number of ether oxygens (including phenoxy) is 1. The number of benzene rings is 1. The Morgan fingerprint density at radius 2 is 2.07 bits per heavy atom. The molecule has 0 spiro atoms. The van der Waals surface area contributed by atoms with E-state index in [9.17, 15) is 4.39 Å². The summed E-state index contributed by atoms with van der Waals surface area (Å²) in [6.45, 7) is 6.50. The van der Waals surface area contributed by atoms with Crippen LogP contribution in [0.5, 0.6) is 5.75 Å². The van der Waals surface area contributed by atoms with Gasteiger partial charge in [-0.25, -0.2) is 9.07 Å². The third-order valence-corrected chi connectivity index (χ3v) is 4.06. The molecule has 1 aromatic carbocycles. The van der Waals surface area contributed by atoms with Crippen molar-refractivity contribution in [3.05, 3.63) is 59.9 Å². The van der Waals surface area contributed by atoms with Crippen molar-refractivity contribution < 1.29 is 9.13 Å². The molecule has 2 aromatic heterocycles. The van der Waals surface area contributed by atoms with Gasteiger partial charge in [-0.05, 0) is 42.3 Å². The lowest BCUT2D eigenvalue weighted by Crippen LogP contribution is -2.19. The summed E-state index contributed by atoms with van der Waals surface area (Å²) in [5.41, 5.74) is 3.31. The van der Waals surface area contributed by atoms with Crippen LogP contribution in [-0.2, 0) is 13.1 Å². The summed E-state index contributed by atoms with van der Waals surface area (Å²) in [7, 11) is 1.57. The van der Waals surface area contributed by atoms with Crippen LogP contribution in [0.25, 0.3) is 11.1 Å². The highest BCUT2D eigenvalue weighted by Crippen LogP contribution is 2.30. The Kier molecular flexibility index (Phi) is 6.13. The fraction of sp³-hybridized carbons (Fsp3) is 0.350. The Morgan fingerprint density at radius 3 is 2.85 bits per heavy atom. The van der Waals surface area contributed by atoms with Gasteiger partial charge in [0, 0.05) is 30.1 Å². The van der Waals surface area contributed by atoms with E-state index in [0.29, 0.717) is 30.3 Å². The largest absolute Gasteiger partial charge is 0.496 e. The molecule has 0 aliphatic rings. The van der Waals surface area contributed by atoms with Gasteiger partial charge in [0.1, 0.15) is 11.6 Å². The molecule has 142 valence electrons. The zero-order valence-electron chi connectivity index (χ0n) is 15.8. The summed E-state index contributed by atoms with van der Waals surface area (Å²) in [5.74, 6) is 0.884. The van der Waals surface area contributed by atoms with Crippen LogP contribution in [-0.4, -0.2) is 33.6 Å². The first-order valence-corrected chi connectivity index (χ1v) is 8.92. The van der Waals surface area contributed by atoms with E-state index in [4.69, 9.17) is 4.74 Å². The molecular weight excluding hydrogens is 345 g/mol. The Morgan fingerprint density at radius 1 is 1.22 bits per heavy atom. The first kappa shape index (κ1) is 19.0. The maximum atomic E-state index is 13.7. The summed E-state index contributed by atoms with van der Waals surface area (Å²) in [4.78, 5) is 4.29. The van der Waals surface area contributed by atoms with Gasteiger partial charge < -0.3 is 10.1 Å². The fourth-order valence-corrected chi connectivity index (χ4v) is 2.80. The smallest absolute Gasteiger partial charge is 0.126 e. The highest BCUT2D eigenvalue weighted by atomic mass is 19.1. The molecule has 27 heavy (non-hydrogen) atoms. The molecule has 0 aliphatic carbocycles. The highest BCUT2D eigenvalue weighted by molar-refractivity contribution is 5.70. The van der Waals surface area contributed by atoms with Crippen molar-refractivity contribution in [1.29, 1.82) is 0 Å². The van der Waals surface area contributed by atoms with Crippen LogP contribution in [0.4, 0.5) is 4.39 Å². The van der Waals surface area contributed by atoms with E-state index >= 15 is 0 Å². The second kappa shape index (κ2) is 8.73. The summed E-state index contributed by atoms with van der Waals surface area (Å²) >= 11 is 0. The molecule has 7 heteroatoms. The van der Waals surface area contributed by atoms with E-state index < -0.39 is 0 Å². The van der Waals surface area contributed by atoms with E-state index in [-0.39, 0.29) is 5.82 Å². The van der Waals surface area contributed by atoms with Crippen molar-refractivity contribution in [3.8, 4) is 16.9 Å². The molecule has 2 heterocycles. The Balaban J connectivity index is 1.73. The van der Waals surface area contributed by atoms with Gasteiger partial charge in [0.15, 0.2) is 0 Å². The van der Waals surface area contributed by atoms with Gasteiger partial charge in [-0.1, -0.05) is 19.1 Å². The molecule has 6 nitrogen and oxygen atoms in total. The molecule has 0 amide bonds. The van der Waals surface area contributed by atoms with Crippen molar-refractivity contribution in [2.75, 3.05) is 13.7 Å². The summed E-state index contributed by atoms with van der Waals surface area (Å²) in [6, 6.07) is 6.41. The molecule has 0 bridgehead atoms. The molecule has 0 saturated carbocycles. The van der Waals surface area contributed by atoms with E-state index in [1.807, 2.05) is 12.3 Å². The number of nitrogens with one attached hydrogen (secondary N) is 1. The number of nitrogens with zero attached hydrogens (tertiary/aromatic N) is 4. The minimum absolute atomic E-state index is 0.314. The first-order valence-electron chi connectivity index (χ1n) is 8.92. The average Bonchev–Trinajstić information content (AvgIpc) is 3.09. The maximum Gasteiger partial charge on any atom is 0.126 e. The number of rotatable bonds is 8. The van der Waals surface area contributed by atoms with Gasteiger partial charge in [0.05, 0.1) is 25.5 Å². The maximum absolute atomic E-state index is 13.7. The van der Waals surface area contributed by atoms with Gasteiger partial charge in [-0.3, -0.25) is 4.98 Å². The van der Waals surface area contributed by atoms with Crippen molar-refractivity contribution in [3.63, 3.8) is 0 Å². The topological polar surface area (TPSA) is 64.9 Å². The standard InChI is InChI=1S/C20H24FN5O/c1-14(2)8-22-11-18-13-26(25-24-18)12-15-6-16(10-23-9-15)19-7-17(21)4-5-20(19)27-3/h4-7,9-10,13-14,22H,8,11-12H2,1-3H3. The van der Waals surface area contributed by atoms with Crippen LogP contribution in [0, 0.1) is 11.7 Å². The molecule has 0 atom stereocenters. The van der Waals surface area contributed by atoms with Gasteiger partial charge in [0.25, 0.3) is 0 Å². The molecule has 0 fully saturated rings. The van der Waals surface area contributed by atoms with Crippen LogP contribution >= 0.6 is 0 Å². The number of hydrogen-bond donors (Lipinski definition) is 1. The molecule has 1 N–H and O–H groups in total.